The first-order valence-corrected chi connectivity index (χ1v) is 20.3. The predicted molar refractivity (Wildman–Crippen MR) is 244 cm³/mol. The van der Waals surface area contributed by atoms with Gasteiger partial charge >= 0.3 is 0 Å². The smallest absolute Gasteiger partial charge is 0.135 e. The summed E-state index contributed by atoms with van der Waals surface area (Å²) in [6, 6.07) is 81.3. The van der Waals surface area contributed by atoms with E-state index in [1.165, 1.54) is 61.2 Å². The van der Waals surface area contributed by atoms with Crippen LogP contribution in [-0.2, 0) is 5.41 Å². The lowest BCUT2D eigenvalue weighted by Gasteiger charge is -2.32. The molecular formula is C57H37NO. The molecule has 0 saturated heterocycles. The number of nitrogens with zero attached hydrogens (tertiary/aromatic N) is 1. The van der Waals surface area contributed by atoms with Crippen molar-refractivity contribution in [1.29, 1.82) is 0 Å². The summed E-state index contributed by atoms with van der Waals surface area (Å²) in [7, 11) is 0. The fraction of sp³-hybridized carbons (Fsp3) is 0.0175. The largest absolute Gasteiger partial charge is 0.459 e. The lowest BCUT2D eigenvalue weighted by molar-refractivity contribution is 0.507. The van der Waals surface area contributed by atoms with Crippen LogP contribution in [0.1, 0.15) is 22.5 Å². The van der Waals surface area contributed by atoms with Crippen molar-refractivity contribution in [2.24, 2.45) is 0 Å². The molecule has 0 aliphatic heterocycles. The second-order valence-electron chi connectivity index (χ2n) is 15.6. The van der Waals surface area contributed by atoms with Crippen LogP contribution in [0, 0.1) is 0 Å². The third-order valence-corrected chi connectivity index (χ3v) is 12.5. The van der Waals surface area contributed by atoms with Gasteiger partial charge in [0, 0.05) is 27.8 Å². The Labute approximate surface area is 343 Å². The number of para-hydroxylation sites is 2. The molecule has 2 aliphatic rings. The Kier molecular flexibility index (Phi) is 7.48. The Morgan fingerprint density at radius 1 is 0.322 bits per heavy atom. The molecule has 10 aromatic rings. The van der Waals surface area contributed by atoms with Gasteiger partial charge in [-0.2, -0.15) is 0 Å². The molecule has 0 unspecified atom stereocenters. The minimum absolute atomic E-state index is 0.618. The van der Waals surface area contributed by atoms with Gasteiger partial charge in [0.2, 0.25) is 0 Å². The van der Waals surface area contributed by atoms with Crippen LogP contribution in [0.15, 0.2) is 229 Å². The molecule has 9 aromatic carbocycles. The molecule has 0 fully saturated rings. The number of fused-ring (bicyclic) bond motifs is 12. The van der Waals surface area contributed by atoms with E-state index in [-0.39, 0.29) is 0 Å². The molecule has 0 radical (unpaired) electrons. The fourth-order valence-corrected chi connectivity index (χ4v) is 9.98. The highest BCUT2D eigenvalue weighted by molar-refractivity contribution is 6.09. The summed E-state index contributed by atoms with van der Waals surface area (Å²) >= 11 is 0. The maximum atomic E-state index is 7.17. The third kappa shape index (κ3) is 4.93. The topological polar surface area (TPSA) is 16.4 Å². The average Bonchev–Trinajstić information content (AvgIpc) is 3.94. The number of hydrogen-bond acceptors (Lipinski definition) is 2. The van der Waals surface area contributed by atoms with Crippen LogP contribution >= 0.6 is 0 Å². The third-order valence-electron chi connectivity index (χ3n) is 12.5. The predicted octanol–water partition coefficient (Wildman–Crippen LogP) is 15.2. The van der Waals surface area contributed by atoms with Gasteiger partial charge in [-0.15, -0.1) is 0 Å². The first-order valence-electron chi connectivity index (χ1n) is 20.3. The van der Waals surface area contributed by atoms with E-state index in [1.54, 1.807) is 0 Å². The van der Waals surface area contributed by atoms with E-state index in [2.05, 4.69) is 229 Å². The minimum atomic E-state index is -0.618. The first-order chi connectivity index (χ1) is 29.3. The van der Waals surface area contributed by atoms with Gasteiger partial charge in [0.05, 0.1) is 11.4 Å². The molecule has 276 valence electrons. The van der Waals surface area contributed by atoms with Crippen LogP contribution in [0.3, 0.4) is 0 Å². The van der Waals surface area contributed by atoms with Crippen LogP contribution in [0.2, 0.25) is 0 Å². The van der Waals surface area contributed by atoms with E-state index in [4.69, 9.17) is 4.42 Å². The number of hydrogen-bond donors (Lipinski definition) is 0. The highest BCUT2D eigenvalue weighted by atomic mass is 16.3. The summed E-state index contributed by atoms with van der Waals surface area (Å²) in [5, 5.41) is 1.13. The van der Waals surface area contributed by atoms with Gasteiger partial charge in [-0.3, -0.25) is 0 Å². The average molecular weight is 752 g/mol. The van der Waals surface area contributed by atoms with Gasteiger partial charge < -0.3 is 9.32 Å². The van der Waals surface area contributed by atoms with Gasteiger partial charge in [0.1, 0.15) is 16.8 Å². The SMILES string of the molecule is c1ccc(-c2ccc(-c3ccc(N(c4ccccc4-c4ccccc4)c4cccc5c4-c4c(oc6ccccc46)C54c5ccccc5-c5ccccc54)cc3)cc2)cc1. The van der Waals surface area contributed by atoms with E-state index >= 15 is 0 Å². The van der Waals surface area contributed by atoms with E-state index in [9.17, 15) is 0 Å². The van der Waals surface area contributed by atoms with E-state index in [0.29, 0.717) is 0 Å². The van der Waals surface area contributed by atoms with Gasteiger partial charge in [-0.25, -0.2) is 0 Å². The standard InChI is InChI=1S/C57H37NO/c1-3-16-38(17-4-1)39-30-32-40(33-31-39)41-34-36-43(37-35-41)58(51-27-13-9-20-44(51)42-18-5-2-6-19-42)52-28-15-26-50-55(52)54-47-23-10-14-29-53(47)59-56(54)57(50)48-24-11-7-21-45(48)46-22-8-12-25-49(46)57/h1-37H. The van der Waals surface area contributed by atoms with Crippen molar-refractivity contribution in [2.45, 2.75) is 5.41 Å². The van der Waals surface area contributed by atoms with Crippen molar-refractivity contribution in [1.82, 2.24) is 0 Å². The van der Waals surface area contributed by atoms with Crippen molar-refractivity contribution < 1.29 is 4.42 Å². The molecule has 1 aromatic heterocycles. The van der Waals surface area contributed by atoms with Crippen molar-refractivity contribution in [3.63, 3.8) is 0 Å². The molecule has 1 heterocycles. The second kappa shape index (κ2) is 13.2. The molecule has 12 rings (SSSR count). The molecule has 2 aliphatic carbocycles. The zero-order valence-electron chi connectivity index (χ0n) is 32.2. The summed E-state index contributed by atoms with van der Waals surface area (Å²) in [4.78, 5) is 2.47. The van der Waals surface area contributed by atoms with Crippen LogP contribution < -0.4 is 4.90 Å². The molecule has 59 heavy (non-hydrogen) atoms. The molecule has 0 N–H and O–H groups in total. The van der Waals surface area contributed by atoms with Crippen molar-refractivity contribution in [3.8, 4) is 55.6 Å². The lowest BCUT2D eigenvalue weighted by atomic mass is 9.73. The summed E-state index contributed by atoms with van der Waals surface area (Å²) < 4.78 is 7.17. The van der Waals surface area contributed by atoms with Crippen LogP contribution in [0.25, 0.3) is 66.6 Å². The minimum Gasteiger partial charge on any atom is -0.459 e. The van der Waals surface area contributed by atoms with E-state index in [1.807, 2.05) is 0 Å². The van der Waals surface area contributed by atoms with Crippen LogP contribution in [0.5, 0.6) is 0 Å². The molecule has 1 spiro atoms. The fourth-order valence-electron chi connectivity index (χ4n) is 9.98. The quantitative estimate of drug-likeness (QED) is 0.168. The Morgan fingerprint density at radius 2 is 0.797 bits per heavy atom. The Morgan fingerprint density at radius 3 is 1.46 bits per heavy atom. The maximum absolute atomic E-state index is 7.17. The van der Waals surface area contributed by atoms with Crippen LogP contribution in [-0.4, -0.2) is 0 Å². The summed E-state index contributed by atoms with van der Waals surface area (Å²) in [6.07, 6.45) is 0. The van der Waals surface area contributed by atoms with Crippen molar-refractivity contribution in [3.05, 3.63) is 247 Å². The van der Waals surface area contributed by atoms with Gasteiger partial charge in [0.25, 0.3) is 0 Å². The van der Waals surface area contributed by atoms with E-state index < -0.39 is 5.41 Å². The monoisotopic (exact) mass is 751 g/mol. The summed E-state index contributed by atoms with van der Waals surface area (Å²) in [5.74, 6) is 0.990. The number of furan rings is 1. The molecule has 0 saturated carbocycles. The normalized spacial score (nSPS) is 12.9. The van der Waals surface area contributed by atoms with Gasteiger partial charge in [0.15, 0.2) is 0 Å². The zero-order valence-corrected chi connectivity index (χ0v) is 32.2. The van der Waals surface area contributed by atoms with Gasteiger partial charge in [-0.1, -0.05) is 194 Å². The first kappa shape index (κ1) is 33.5. The van der Waals surface area contributed by atoms with Crippen molar-refractivity contribution >= 4 is 28.0 Å². The van der Waals surface area contributed by atoms with E-state index in [0.717, 1.165) is 44.9 Å². The van der Waals surface area contributed by atoms with Crippen molar-refractivity contribution in [2.75, 3.05) is 4.90 Å². The van der Waals surface area contributed by atoms with Gasteiger partial charge in [-0.05, 0) is 86.0 Å². The molecule has 0 amide bonds. The molecule has 0 bridgehead atoms. The lowest BCUT2D eigenvalue weighted by Crippen LogP contribution is -2.25. The van der Waals surface area contributed by atoms with Crippen LogP contribution in [0.4, 0.5) is 17.1 Å². The molecule has 2 nitrogen and oxygen atoms in total. The summed E-state index contributed by atoms with van der Waals surface area (Å²) in [6.45, 7) is 0. The maximum Gasteiger partial charge on any atom is 0.135 e. The Hall–Kier alpha value is -7.68. The Balaban J connectivity index is 1.11. The molecule has 2 heteroatoms. The highest BCUT2D eigenvalue weighted by Gasteiger charge is 2.55. The Bertz CT molecular complexity index is 3150. The summed E-state index contributed by atoms with van der Waals surface area (Å²) in [5.41, 5.74) is 19.3. The molecule has 0 atom stereocenters. The second-order valence-corrected chi connectivity index (χ2v) is 15.6. The molecular weight excluding hydrogens is 715 g/mol. The zero-order chi connectivity index (χ0) is 38.9. The number of anilines is 3. The highest BCUT2D eigenvalue weighted by Crippen LogP contribution is 2.66. The number of rotatable bonds is 6. The number of benzene rings is 9.